The topological polar surface area (TPSA) is 111 Å². The van der Waals surface area contributed by atoms with E-state index in [4.69, 9.17) is 10.3 Å². The first kappa shape index (κ1) is 14.7. The Morgan fingerprint density at radius 2 is 2.05 bits per heavy atom. The minimum absolute atomic E-state index is 0.0703. The zero-order valence-electron chi connectivity index (χ0n) is 11.6. The maximum absolute atomic E-state index is 11.4. The van der Waals surface area contributed by atoms with Gasteiger partial charge in [-0.2, -0.15) is 4.98 Å². The first-order chi connectivity index (χ1) is 10.1. The molecule has 7 nitrogen and oxygen atoms in total. The molecular formula is C14H16N4O3. The summed E-state index contributed by atoms with van der Waals surface area (Å²) in [5.74, 6) is -0.234. The molecule has 0 radical (unpaired) electrons. The van der Waals surface area contributed by atoms with Gasteiger partial charge in [0.1, 0.15) is 6.04 Å². The van der Waals surface area contributed by atoms with E-state index < -0.39 is 11.9 Å². The average molecular weight is 288 g/mol. The van der Waals surface area contributed by atoms with E-state index in [1.54, 1.807) is 6.92 Å². The van der Waals surface area contributed by atoms with Crippen LogP contribution in [0.15, 0.2) is 34.9 Å². The SMILES string of the molecule is CCC(=O)N[C@@H](Cc1nc(-c2ccccc2)no1)C(N)=O. The van der Waals surface area contributed by atoms with Gasteiger partial charge in [-0.1, -0.05) is 42.4 Å². The molecule has 1 aromatic heterocycles. The van der Waals surface area contributed by atoms with Gasteiger partial charge >= 0.3 is 0 Å². The van der Waals surface area contributed by atoms with Crippen LogP contribution in [0.2, 0.25) is 0 Å². The van der Waals surface area contributed by atoms with Gasteiger partial charge < -0.3 is 15.6 Å². The Morgan fingerprint density at radius 1 is 1.33 bits per heavy atom. The van der Waals surface area contributed by atoms with Crippen LogP contribution in [-0.4, -0.2) is 28.0 Å². The van der Waals surface area contributed by atoms with Crippen LogP contribution < -0.4 is 11.1 Å². The molecule has 0 spiro atoms. The fourth-order valence-corrected chi connectivity index (χ4v) is 1.74. The number of nitrogens with zero attached hydrogens (tertiary/aromatic N) is 2. The van der Waals surface area contributed by atoms with Crippen LogP contribution in [0.3, 0.4) is 0 Å². The molecule has 0 aliphatic heterocycles. The van der Waals surface area contributed by atoms with Crippen LogP contribution in [-0.2, 0) is 16.0 Å². The normalized spacial score (nSPS) is 11.9. The van der Waals surface area contributed by atoms with E-state index in [0.29, 0.717) is 5.82 Å². The molecule has 21 heavy (non-hydrogen) atoms. The maximum Gasteiger partial charge on any atom is 0.240 e. The predicted molar refractivity (Wildman–Crippen MR) is 74.9 cm³/mol. The van der Waals surface area contributed by atoms with Gasteiger partial charge in [0.05, 0.1) is 6.42 Å². The molecule has 1 aromatic carbocycles. The molecule has 0 bridgehead atoms. The van der Waals surface area contributed by atoms with Crippen LogP contribution in [0.5, 0.6) is 0 Å². The van der Waals surface area contributed by atoms with Crippen molar-refractivity contribution in [1.82, 2.24) is 15.5 Å². The van der Waals surface area contributed by atoms with Crippen molar-refractivity contribution >= 4 is 11.8 Å². The maximum atomic E-state index is 11.4. The lowest BCUT2D eigenvalue weighted by Gasteiger charge is -2.12. The zero-order chi connectivity index (χ0) is 15.2. The van der Waals surface area contributed by atoms with Crippen molar-refractivity contribution in [2.75, 3.05) is 0 Å². The van der Waals surface area contributed by atoms with E-state index in [-0.39, 0.29) is 24.6 Å². The van der Waals surface area contributed by atoms with Gasteiger partial charge in [-0.15, -0.1) is 0 Å². The van der Waals surface area contributed by atoms with Crippen molar-refractivity contribution in [3.8, 4) is 11.4 Å². The summed E-state index contributed by atoms with van der Waals surface area (Å²) in [6, 6.07) is 8.44. The molecule has 0 saturated carbocycles. The van der Waals surface area contributed by atoms with Gasteiger partial charge in [-0.05, 0) is 0 Å². The minimum Gasteiger partial charge on any atom is -0.368 e. The van der Waals surface area contributed by atoms with Crippen LogP contribution in [0, 0.1) is 0 Å². The van der Waals surface area contributed by atoms with Crippen LogP contribution in [0.25, 0.3) is 11.4 Å². The van der Waals surface area contributed by atoms with Gasteiger partial charge in [0, 0.05) is 12.0 Å². The molecule has 0 aliphatic carbocycles. The molecule has 110 valence electrons. The molecule has 0 aliphatic rings. The highest BCUT2D eigenvalue weighted by Crippen LogP contribution is 2.15. The van der Waals surface area contributed by atoms with Crippen molar-refractivity contribution in [1.29, 1.82) is 0 Å². The number of nitrogens with one attached hydrogen (secondary N) is 1. The Kier molecular flexibility index (Phi) is 4.65. The Bertz CT molecular complexity index is 624. The quantitative estimate of drug-likeness (QED) is 0.811. The van der Waals surface area contributed by atoms with Gasteiger partial charge in [-0.25, -0.2) is 0 Å². The molecule has 0 unspecified atom stereocenters. The molecule has 2 rings (SSSR count). The van der Waals surface area contributed by atoms with Gasteiger partial charge in [0.25, 0.3) is 0 Å². The first-order valence-corrected chi connectivity index (χ1v) is 6.56. The van der Waals surface area contributed by atoms with Crippen LogP contribution in [0.1, 0.15) is 19.2 Å². The smallest absolute Gasteiger partial charge is 0.240 e. The number of hydrogen-bond donors (Lipinski definition) is 2. The van der Waals surface area contributed by atoms with Crippen LogP contribution in [0.4, 0.5) is 0 Å². The molecule has 2 aromatic rings. The van der Waals surface area contributed by atoms with Crippen molar-refractivity contribution in [3.63, 3.8) is 0 Å². The highest BCUT2D eigenvalue weighted by atomic mass is 16.5. The Morgan fingerprint density at radius 3 is 2.67 bits per heavy atom. The Labute approximate surface area is 121 Å². The summed E-state index contributed by atoms with van der Waals surface area (Å²) < 4.78 is 5.09. The zero-order valence-corrected chi connectivity index (χ0v) is 11.6. The Balaban J connectivity index is 2.10. The van der Waals surface area contributed by atoms with E-state index in [2.05, 4.69) is 15.5 Å². The van der Waals surface area contributed by atoms with E-state index in [9.17, 15) is 9.59 Å². The lowest BCUT2D eigenvalue weighted by Crippen LogP contribution is -2.45. The fraction of sp³-hybridized carbons (Fsp3) is 0.286. The third-order valence-electron chi connectivity index (χ3n) is 2.88. The second-order valence-corrected chi connectivity index (χ2v) is 4.46. The lowest BCUT2D eigenvalue weighted by atomic mass is 10.2. The van der Waals surface area contributed by atoms with Crippen molar-refractivity contribution < 1.29 is 14.1 Å². The second-order valence-electron chi connectivity index (χ2n) is 4.46. The van der Waals surface area contributed by atoms with E-state index >= 15 is 0 Å². The molecule has 1 atom stereocenters. The summed E-state index contributed by atoms with van der Waals surface area (Å²) in [5, 5.41) is 6.37. The van der Waals surface area contributed by atoms with Crippen LogP contribution >= 0.6 is 0 Å². The second kappa shape index (κ2) is 6.65. The van der Waals surface area contributed by atoms with Gasteiger partial charge in [0.2, 0.25) is 23.5 Å². The molecule has 0 saturated heterocycles. The number of nitrogens with two attached hydrogens (primary N) is 1. The highest BCUT2D eigenvalue weighted by molar-refractivity contribution is 5.86. The first-order valence-electron chi connectivity index (χ1n) is 6.56. The number of aromatic nitrogens is 2. The summed E-state index contributed by atoms with van der Waals surface area (Å²) in [6.45, 7) is 1.69. The standard InChI is InChI=1S/C14H16N4O3/c1-2-11(19)16-10(13(15)20)8-12-17-14(18-21-12)9-6-4-3-5-7-9/h3-7,10H,2,8H2,1H3,(H2,15,20)(H,16,19)/t10-/m0/s1. The predicted octanol–water partition coefficient (Wildman–Crippen LogP) is 0.659. The van der Waals surface area contributed by atoms with Crippen molar-refractivity contribution in [3.05, 3.63) is 36.2 Å². The number of primary amides is 1. The number of benzene rings is 1. The molecule has 2 amide bonds. The fourth-order valence-electron chi connectivity index (χ4n) is 1.74. The number of rotatable bonds is 6. The summed E-state index contributed by atoms with van der Waals surface area (Å²) in [7, 11) is 0. The summed E-state index contributed by atoms with van der Waals surface area (Å²) >= 11 is 0. The number of hydrogen-bond acceptors (Lipinski definition) is 5. The van der Waals surface area contributed by atoms with E-state index in [1.807, 2.05) is 30.3 Å². The molecule has 7 heteroatoms. The Hall–Kier alpha value is -2.70. The molecule has 1 heterocycles. The lowest BCUT2D eigenvalue weighted by molar-refractivity contribution is -0.127. The van der Waals surface area contributed by atoms with Crippen molar-refractivity contribution in [2.45, 2.75) is 25.8 Å². The molecular weight excluding hydrogens is 272 g/mol. The largest absolute Gasteiger partial charge is 0.368 e. The summed E-state index contributed by atoms with van der Waals surface area (Å²) in [5.41, 5.74) is 6.07. The monoisotopic (exact) mass is 288 g/mol. The number of carbonyl (C=O) groups excluding carboxylic acids is 2. The van der Waals surface area contributed by atoms with Gasteiger partial charge in [-0.3, -0.25) is 9.59 Å². The highest BCUT2D eigenvalue weighted by Gasteiger charge is 2.21. The minimum atomic E-state index is -0.860. The van der Waals surface area contributed by atoms with Gasteiger partial charge in [0.15, 0.2) is 0 Å². The van der Waals surface area contributed by atoms with E-state index in [0.717, 1.165) is 5.56 Å². The third kappa shape index (κ3) is 3.88. The molecule has 3 N–H and O–H groups in total. The summed E-state index contributed by atoms with van der Waals surface area (Å²) in [6.07, 6.45) is 0.337. The third-order valence-corrected chi connectivity index (χ3v) is 2.88. The van der Waals surface area contributed by atoms with E-state index in [1.165, 1.54) is 0 Å². The van der Waals surface area contributed by atoms with Crippen molar-refractivity contribution in [2.24, 2.45) is 5.73 Å². The molecule has 0 fully saturated rings. The number of carbonyl (C=O) groups is 2. The average Bonchev–Trinajstić information content (AvgIpc) is 2.95. The summed E-state index contributed by atoms with van der Waals surface area (Å²) in [4.78, 5) is 26.9. The number of amides is 2.